The van der Waals surface area contributed by atoms with Crippen molar-refractivity contribution in [3.63, 3.8) is 0 Å². The second-order valence-corrected chi connectivity index (χ2v) is 6.18. The van der Waals surface area contributed by atoms with Crippen LogP contribution in [0.3, 0.4) is 0 Å². The summed E-state index contributed by atoms with van der Waals surface area (Å²) in [6, 6.07) is 2.16. The molecule has 118 valence electrons. The summed E-state index contributed by atoms with van der Waals surface area (Å²) in [5.41, 5.74) is 1.57. The Bertz CT molecular complexity index is 818. The second kappa shape index (κ2) is 6.13. The number of nitro groups is 1. The van der Waals surface area contributed by atoms with Gasteiger partial charge in [-0.05, 0) is 36.2 Å². The van der Waals surface area contributed by atoms with Crippen molar-refractivity contribution in [2.45, 2.75) is 32.2 Å². The minimum atomic E-state index is -0.727. The quantitative estimate of drug-likeness (QED) is 0.669. The summed E-state index contributed by atoms with van der Waals surface area (Å²) >= 11 is 1.43. The van der Waals surface area contributed by atoms with Crippen LogP contribution in [0.25, 0.3) is 0 Å². The molecule has 0 aliphatic heterocycles. The zero-order chi connectivity index (χ0) is 16.4. The topological polar surface area (TPSA) is 127 Å². The largest absolute Gasteiger partial charge is 0.490 e. The molecule has 23 heavy (non-hydrogen) atoms. The van der Waals surface area contributed by atoms with Gasteiger partial charge in [0.1, 0.15) is 17.6 Å². The van der Waals surface area contributed by atoms with Crippen LogP contribution in [0.5, 0.6) is 0 Å². The van der Waals surface area contributed by atoms with Crippen molar-refractivity contribution < 1.29 is 9.72 Å². The molecule has 0 aromatic carbocycles. The summed E-state index contributed by atoms with van der Waals surface area (Å²) in [5, 5.41) is 26.7. The zero-order valence-corrected chi connectivity index (χ0v) is 12.8. The van der Waals surface area contributed by atoms with Crippen LogP contribution in [0.15, 0.2) is 6.33 Å². The van der Waals surface area contributed by atoms with Gasteiger partial charge in [0.15, 0.2) is 0 Å². The fourth-order valence-corrected chi connectivity index (χ4v) is 3.79. The molecule has 1 aliphatic rings. The number of rotatable bonds is 4. The van der Waals surface area contributed by atoms with Crippen molar-refractivity contribution in [1.29, 1.82) is 5.26 Å². The lowest BCUT2D eigenvalue weighted by atomic mass is 9.96. The van der Waals surface area contributed by atoms with Gasteiger partial charge in [-0.2, -0.15) is 9.94 Å². The highest BCUT2D eigenvalue weighted by atomic mass is 32.1. The molecule has 0 bridgehead atoms. The zero-order valence-electron chi connectivity index (χ0n) is 12.0. The van der Waals surface area contributed by atoms with Crippen molar-refractivity contribution in [2.75, 3.05) is 5.32 Å². The van der Waals surface area contributed by atoms with Crippen LogP contribution >= 0.6 is 11.3 Å². The van der Waals surface area contributed by atoms with Crippen LogP contribution in [-0.2, 0) is 24.2 Å². The van der Waals surface area contributed by atoms with Gasteiger partial charge in [0.25, 0.3) is 0 Å². The maximum atomic E-state index is 12.1. The molecule has 0 fully saturated rings. The molecule has 1 N–H and O–H groups in total. The molecule has 0 unspecified atom stereocenters. The van der Waals surface area contributed by atoms with E-state index in [1.165, 1.54) is 11.3 Å². The van der Waals surface area contributed by atoms with Gasteiger partial charge in [0, 0.05) is 9.98 Å². The van der Waals surface area contributed by atoms with E-state index in [0.29, 0.717) is 10.6 Å². The third kappa shape index (κ3) is 3.04. The number of carbonyl (C=O) groups is 1. The van der Waals surface area contributed by atoms with E-state index >= 15 is 0 Å². The average Bonchev–Trinajstić information content (AvgIpc) is 3.11. The standard InChI is InChI=1S/C13H12N6O3S/c14-5-9-8-3-1-2-4-10(8)23-12(9)16-11(20)6-18-7-15-13(17-18)19(21)22/h7H,1-4,6H2,(H,16,20). The molecule has 9 nitrogen and oxygen atoms in total. The van der Waals surface area contributed by atoms with Crippen LogP contribution in [-0.4, -0.2) is 25.6 Å². The Morgan fingerprint density at radius 1 is 1.52 bits per heavy atom. The number of nitrogens with one attached hydrogen (secondary N) is 1. The van der Waals surface area contributed by atoms with E-state index in [1.54, 1.807) is 0 Å². The minimum Gasteiger partial charge on any atom is -0.390 e. The van der Waals surface area contributed by atoms with Crippen molar-refractivity contribution in [3.8, 4) is 6.07 Å². The first-order valence-electron chi connectivity index (χ1n) is 6.97. The Labute approximate surface area is 134 Å². The van der Waals surface area contributed by atoms with Gasteiger partial charge in [0.2, 0.25) is 12.2 Å². The van der Waals surface area contributed by atoms with Crippen molar-refractivity contribution >= 4 is 28.2 Å². The maximum Gasteiger partial charge on any atom is 0.490 e. The van der Waals surface area contributed by atoms with Gasteiger partial charge in [-0.15, -0.1) is 11.3 Å². The van der Waals surface area contributed by atoms with Gasteiger partial charge < -0.3 is 15.4 Å². The molecule has 3 rings (SSSR count). The van der Waals surface area contributed by atoms with Crippen LogP contribution in [0, 0.1) is 21.4 Å². The van der Waals surface area contributed by atoms with E-state index in [-0.39, 0.29) is 6.54 Å². The number of hydrogen-bond acceptors (Lipinski definition) is 7. The first kappa shape index (κ1) is 15.1. The van der Waals surface area contributed by atoms with Gasteiger partial charge in [-0.1, -0.05) is 4.98 Å². The predicted molar refractivity (Wildman–Crippen MR) is 81.0 cm³/mol. The molecule has 0 saturated heterocycles. The van der Waals surface area contributed by atoms with E-state index in [0.717, 1.165) is 47.1 Å². The summed E-state index contributed by atoms with van der Waals surface area (Å²) in [5.74, 6) is -0.956. The molecular formula is C13H12N6O3S. The highest BCUT2D eigenvalue weighted by Gasteiger charge is 2.22. The minimum absolute atomic E-state index is 0.200. The van der Waals surface area contributed by atoms with E-state index < -0.39 is 16.8 Å². The number of fused-ring (bicyclic) bond motifs is 1. The molecule has 0 atom stereocenters. The van der Waals surface area contributed by atoms with Crippen molar-refractivity contribution in [2.24, 2.45) is 0 Å². The third-order valence-corrected chi connectivity index (χ3v) is 4.74. The average molecular weight is 332 g/mol. The van der Waals surface area contributed by atoms with Gasteiger partial charge in [0.05, 0.1) is 5.56 Å². The number of thiophene rings is 1. The van der Waals surface area contributed by atoms with E-state index in [4.69, 9.17) is 0 Å². The van der Waals surface area contributed by atoms with Crippen LogP contribution in [0.4, 0.5) is 10.9 Å². The molecular weight excluding hydrogens is 320 g/mol. The van der Waals surface area contributed by atoms with E-state index in [1.807, 2.05) is 0 Å². The third-order valence-electron chi connectivity index (χ3n) is 3.53. The van der Waals surface area contributed by atoms with Crippen LogP contribution in [0.2, 0.25) is 0 Å². The Morgan fingerprint density at radius 2 is 2.30 bits per heavy atom. The smallest absolute Gasteiger partial charge is 0.390 e. The van der Waals surface area contributed by atoms with Crippen LogP contribution < -0.4 is 5.32 Å². The maximum absolute atomic E-state index is 12.1. The molecule has 0 saturated carbocycles. The Morgan fingerprint density at radius 3 is 3.00 bits per heavy atom. The SMILES string of the molecule is N#Cc1c(NC(=O)Cn2cnc([N+](=O)[O-])n2)sc2c1CCCC2. The fraction of sp³-hybridized carbons (Fsp3) is 0.385. The first-order valence-corrected chi connectivity index (χ1v) is 7.78. The number of nitriles is 1. The Hall–Kier alpha value is -2.80. The summed E-state index contributed by atoms with van der Waals surface area (Å²) in [4.78, 5) is 26.5. The normalized spacial score (nSPS) is 13.2. The molecule has 2 heterocycles. The number of hydrogen-bond donors (Lipinski definition) is 1. The number of aromatic nitrogens is 3. The van der Waals surface area contributed by atoms with E-state index in [2.05, 4.69) is 21.5 Å². The lowest BCUT2D eigenvalue weighted by Gasteiger charge is -2.09. The molecule has 1 amide bonds. The Kier molecular flexibility index (Phi) is 4.03. The summed E-state index contributed by atoms with van der Waals surface area (Å²) in [6.45, 7) is -0.200. The van der Waals surface area contributed by atoms with Gasteiger partial charge >= 0.3 is 5.95 Å². The fourth-order valence-electron chi connectivity index (χ4n) is 2.53. The molecule has 1 aliphatic carbocycles. The molecule has 10 heteroatoms. The molecule has 0 radical (unpaired) electrons. The monoisotopic (exact) mass is 332 g/mol. The summed E-state index contributed by atoms with van der Waals surface area (Å²) in [6.07, 6.45) is 5.06. The van der Waals surface area contributed by atoms with Gasteiger partial charge in [-0.3, -0.25) is 4.79 Å². The second-order valence-electron chi connectivity index (χ2n) is 5.07. The molecule has 2 aromatic heterocycles. The lowest BCUT2D eigenvalue weighted by molar-refractivity contribution is -0.394. The van der Waals surface area contributed by atoms with Crippen LogP contribution in [0.1, 0.15) is 28.8 Å². The van der Waals surface area contributed by atoms with Gasteiger partial charge in [-0.25, -0.2) is 0 Å². The number of amides is 1. The lowest BCUT2D eigenvalue weighted by Crippen LogP contribution is -2.19. The highest BCUT2D eigenvalue weighted by Crippen LogP contribution is 2.37. The predicted octanol–water partition coefficient (Wildman–Crippen LogP) is 1.64. The summed E-state index contributed by atoms with van der Waals surface area (Å²) in [7, 11) is 0. The van der Waals surface area contributed by atoms with E-state index in [9.17, 15) is 20.2 Å². The number of nitrogens with zero attached hydrogens (tertiary/aromatic N) is 5. The first-order chi connectivity index (χ1) is 11.1. The number of anilines is 1. The van der Waals surface area contributed by atoms with Crippen molar-refractivity contribution in [1.82, 2.24) is 14.8 Å². The number of aryl methyl sites for hydroxylation is 1. The Balaban J connectivity index is 1.74. The number of carbonyl (C=O) groups excluding carboxylic acids is 1. The highest BCUT2D eigenvalue weighted by molar-refractivity contribution is 7.16. The van der Waals surface area contributed by atoms with Crippen molar-refractivity contribution in [3.05, 3.63) is 32.4 Å². The molecule has 2 aromatic rings. The molecule has 0 spiro atoms. The summed E-state index contributed by atoms with van der Waals surface area (Å²) < 4.78 is 1.09.